The van der Waals surface area contributed by atoms with E-state index in [9.17, 15) is 4.79 Å². The normalized spacial score (nSPS) is 18.3. The maximum Gasteiger partial charge on any atom is 0.274 e. The van der Waals surface area contributed by atoms with E-state index in [1.165, 1.54) is 18.7 Å². The van der Waals surface area contributed by atoms with E-state index in [2.05, 4.69) is 15.1 Å². The Balaban J connectivity index is 1.93. The van der Waals surface area contributed by atoms with E-state index in [1.54, 1.807) is 4.90 Å². The van der Waals surface area contributed by atoms with E-state index in [0.717, 1.165) is 25.7 Å². The van der Waals surface area contributed by atoms with Crippen molar-refractivity contribution in [3.8, 4) is 6.07 Å². The number of carbonyl (C=O) groups excluding carboxylic acids is 1. The molecule has 1 amide bonds. The molecule has 0 aromatic carbocycles. The summed E-state index contributed by atoms with van der Waals surface area (Å²) in [5.74, 6) is 0.209. The van der Waals surface area contributed by atoms with E-state index in [4.69, 9.17) is 21.4 Å². The standard InChI is InChI=1S/C15H14ClN5O2/c16-11-6-10(7-17)8-18-13(11)15(22)21-5-3-1-2-4-12(21)14-19-9-23-20-14/h6,8-9,12H,1-5H2. The Morgan fingerprint density at radius 2 is 2.26 bits per heavy atom. The molecule has 1 saturated heterocycles. The summed E-state index contributed by atoms with van der Waals surface area (Å²) in [7, 11) is 0. The maximum atomic E-state index is 12.9. The lowest BCUT2D eigenvalue weighted by molar-refractivity contribution is 0.0664. The van der Waals surface area contributed by atoms with Crippen molar-refractivity contribution in [2.24, 2.45) is 0 Å². The molecule has 8 heteroatoms. The van der Waals surface area contributed by atoms with Gasteiger partial charge in [-0.25, -0.2) is 4.98 Å². The van der Waals surface area contributed by atoms with Crippen LogP contribution in [-0.4, -0.2) is 32.5 Å². The number of pyridine rings is 1. The molecular formula is C15H14ClN5O2. The van der Waals surface area contributed by atoms with Gasteiger partial charge in [0.2, 0.25) is 6.39 Å². The first-order chi connectivity index (χ1) is 11.2. The van der Waals surface area contributed by atoms with Crippen LogP contribution in [0, 0.1) is 11.3 Å². The van der Waals surface area contributed by atoms with Crippen LogP contribution < -0.4 is 0 Å². The highest BCUT2D eigenvalue weighted by atomic mass is 35.5. The van der Waals surface area contributed by atoms with Gasteiger partial charge < -0.3 is 9.42 Å². The molecule has 118 valence electrons. The lowest BCUT2D eigenvalue weighted by atomic mass is 10.1. The second-order valence-electron chi connectivity index (χ2n) is 5.32. The van der Waals surface area contributed by atoms with Crippen molar-refractivity contribution in [3.63, 3.8) is 0 Å². The molecule has 0 spiro atoms. The van der Waals surface area contributed by atoms with Crippen molar-refractivity contribution < 1.29 is 9.32 Å². The largest absolute Gasteiger partial charge is 0.343 e. The molecule has 23 heavy (non-hydrogen) atoms. The Morgan fingerprint density at radius 3 is 2.96 bits per heavy atom. The zero-order chi connectivity index (χ0) is 16.2. The fourth-order valence-corrected chi connectivity index (χ4v) is 2.99. The van der Waals surface area contributed by atoms with Gasteiger partial charge in [-0.1, -0.05) is 29.6 Å². The van der Waals surface area contributed by atoms with Crippen LogP contribution in [0.25, 0.3) is 0 Å². The van der Waals surface area contributed by atoms with Crippen molar-refractivity contribution in [1.29, 1.82) is 5.26 Å². The van der Waals surface area contributed by atoms with Crippen LogP contribution in [0.1, 0.15) is 53.6 Å². The molecule has 0 bridgehead atoms. The number of nitriles is 1. The fourth-order valence-electron chi connectivity index (χ4n) is 2.74. The van der Waals surface area contributed by atoms with Gasteiger partial charge in [0, 0.05) is 12.7 Å². The number of carbonyl (C=O) groups is 1. The minimum Gasteiger partial charge on any atom is -0.343 e. The second kappa shape index (κ2) is 6.75. The van der Waals surface area contributed by atoms with Gasteiger partial charge in [0.15, 0.2) is 5.82 Å². The molecule has 0 saturated carbocycles. The van der Waals surface area contributed by atoms with Gasteiger partial charge in [-0.2, -0.15) is 10.2 Å². The molecule has 0 radical (unpaired) electrons. The summed E-state index contributed by atoms with van der Waals surface area (Å²) >= 11 is 6.12. The van der Waals surface area contributed by atoms with Crippen LogP contribution in [0.15, 0.2) is 23.2 Å². The zero-order valence-corrected chi connectivity index (χ0v) is 13.0. The Bertz CT molecular complexity index is 741. The Labute approximate surface area is 137 Å². The molecule has 1 aliphatic rings. The molecular weight excluding hydrogens is 318 g/mol. The Morgan fingerprint density at radius 1 is 1.39 bits per heavy atom. The summed E-state index contributed by atoms with van der Waals surface area (Å²) in [6.07, 6.45) is 6.29. The third-order valence-corrected chi connectivity index (χ3v) is 4.15. The van der Waals surface area contributed by atoms with Crippen LogP contribution in [0.4, 0.5) is 0 Å². The van der Waals surface area contributed by atoms with Crippen molar-refractivity contribution >= 4 is 17.5 Å². The predicted octanol–water partition coefficient (Wildman–Crippen LogP) is 2.75. The Hall–Kier alpha value is -2.46. The number of amides is 1. The molecule has 1 fully saturated rings. The van der Waals surface area contributed by atoms with Crippen LogP contribution in [0.5, 0.6) is 0 Å². The van der Waals surface area contributed by atoms with Crippen molar-refractivity contribution in [3.05, 3.63) is 40.8 Å². The number of hydrogen-bond donors (Lipinski definition) is 0. The van der Waals surface area contributed by atoms with E-state index in [1.807, 2.05) is 6.07 Å². The van der Waals surface area contributed by atoms with Crippen LogP contribution in [0.3, 0.4) is 0 Å². The average molecular weight is 332 g/mol. The average Bonchev–Trinajstić information content (AvgIpc) is 2.98. The number of halogens is 1. The number of rotatable bonds is 2. The van der Waals surface area contributed by atoms with Gasteiger partial charge >= 0.3 is 0 Å². The van der Waals surface area contributed by atoms with Gasteiger partial charge in [-0.15, -0.1) is 0 Å². The first-order valence-electron chi connectivity index (χ1n) is 7.33. The number of aromatic nitrogens is 3. The number of likely N-dealkylation sites (tertiary alicyclic amines) is 1. The van der Waals surface area contributed by atoms with E-state index < -0.39 is 0 Å². The third-order valence-electron chi connectivity index (χ3n) is 3.86. The topological polar surface area (TPSA) is 95.9 Å². The van der Waals surface area contributed by atoms with E-state index in [-0.39, 0.29) is 22.7 Å². The highest BCUT2D eigenvalue weighted by molar-refractivity contribution is 6.33. The van der Waals surface area contributed by atoms with Crippen molar-refractivity contribution in [2.45, 2.75) is 31.7 Å². The minimum absolute atomic E-state index is 0.140. The van der Waals surface area contributed by atoms with Gasteiger partial charge in [-0.3, -0.25) is 4.79 Å². The molecule has 3 rings (SSSR count). The van der Waals surface area contributed by atoms with E-state index >= 15 is 0 Å². The van der Waals surface area contributed by atoms with E-state index in [0.29, 0.717) is 17.9 Å². The minimum atomic E-state index is -0.281. The molecule has 0 aliphatic carbocycles. The van der Waals surface area contributed by atoms with Gasteiger partial charge in [0.25, 0.3) is 5.91 Å². The zero-order valence-electron chi connectivity index (χ0n) is 12.3. The van der Waals surface area contributed by atoms with Gasteiger partial charge in [0.1, 0.15) is 11.8 Å². The smallest absolute Gasteiger partial charge is 0.274 e. The summed E-state index contributed by atoms with van der Waals surface area (Å²) < 4.78 is 4.82. The molecule has 0 N–H and O–H groups in total. The fraction of sp³-hybridized carbons (Fsp3) is 0.400. The van der Waals surface area contributed by atoms with Crippen molar-refractivity contribution in [1.82, 2.24) is 20.0 Å². The summed E-state index contributed by atoms with van der Waals surface area (Å²) in [5, 5.41) is 12.9. The van der Waals surface area contributed by atoms with Crippen LogP contribution in [0.2, 0.25) is 5.02 Å². The second-order valence-corrected chi connectivity index (χ2v) is 5.73. The lowest BCUT2D eigenvalue weighted by Crippen LogP contribution is -2.36. The summed E-state index contributed by atoms with van der Waals surface area (Å²) in [6, 6.07) is 3.15. The van der Waals surface area contributed by atoms with Crippen molar-refractivity contribution in [2.75, 3.05) is 6.54 Å². The quantitative estimate of drug-likeness (QED) is 0.839. The summed E-state index contributed by atoms with van der Waals surface area (Å²) in [6.45, 7) is 0.579. The molecule has 1 aliphatic heterocycles. The SMILES string of the molecule is N#Cc1cnc(C(=O)N2CCCCCC2c2ncon2)c(Cl)c1. The number of nitrogens with zero attached hydrogens (tertiary/aromatic N) is 5. The maximum absolute atomic E-state index is 12.9. The summed E-state index contributed by atoms with van der Waals surface area (Å²) in [4.78, 5) is 22.7. The highest BCUT2D eigenvalue weighted by Gasteiger charge is 2.31. The predicted molar refractivity (Wildman–Crippen MR) is 80.5 cm³/mol. The Kier molecular flexibility index (Phi) is 4.53. The highest BCUT2D eigenvalue weighted by Crippen LogP contribution is 2.30. The molecule has 3 heterocycles. The molecule has 7 nitrogen and oxygen atoms in total. The van der Waals surface area contributed by atoms with Crippen LogP contribution >= 0.6 is 11.6 Å². The summed E-state index contributed by atoms with van der Waals surface area (Å²) in [5.41, 5.74) is 0.457. The first kappa shape index (κ1) is 15.4. The third kappa shape index (κ3) is 3.17. The monoisotopic (exact) mass is 331 g/mol. The van der Waals surface area contributed by atoms with Crippen LogP contribution in [-0.2, 0) is 0 Å². The molecule has 2 aromatic rings. The molecule has 1 unspecified atom stereocenters. The number of hydrogen-bond acceptors (Lipinski definition) is 6. The first-order valence-corrected chi connectivity index (χ1v) is 7.71. The van der Waals surface area contributed by atoms with Gasteiger partial charge in [0.05, 0.1) is 16.6 Å². The van der Waals surface area contributed by atoms with Gasteiger partial charge in [-0.05, 0) is 18.9 Å². The molecule has 1 atom stereocenters. The molecule has 2 aromatic heterocycles. The lowest BCUT2D eigenvalue weighted by Gasteiger charge is -2.27.